The third kappa shape index (κ3) is 4.32. The molecule has 5 nitrogen and oxygen atoms in total. The highest BCUT2D eigenvalue weighted by atomic mass is 35.5. The number of halogens is 2. The van der Waals surface area contributed by atoms with Crippen LogP contribution in [0.1, 0.15) is 5.56 Å². The van der Waals surface area contributed by atoms with Gasteiger partial charge in [0.1, 0.15) is 17.1 Å². The summed E-state index contributed by atoms with van der Waals surface area (Å²) in [6, 6.07) is 18.9. The Morgan fingerprint density at radius 2 is 1.70 bits per heavy atom. The van der Waals surface area contributed by atoms with Gasteiger partial charge in [-0.25, -0.2) is 9.18 Å². The Bertz CT molecular complexity index is 1360. The van der Waals surface area contributed by atoms with Crippen molar-refractivity contribution in [1.82, 2.24) is 4.90 Å². The van der Waals surface area contributed by atoms with E-state index in [9.17, 15) is 14.3 Å². The molecule has 33 heavy (non-hydrogen) atoms. The molecule has 1 fully saturated rings. The molecule has 0 bridgehead atoms. The predicted molar refractivity (Wildman–Crippen MR) is 128 cm³/mol. The van der Waals surface area contributed by atoms with Crippen molar-refractivity contribution >= 4 is 28.3 Å². The quantitative estimate of drug-likeness (QED) is 0.416. The van der Waals surface area contributed by atoms with Crippen molar-refractivity contribution in [1.29, 1.82) is 0 Å². The molecule has 5 rings (SSSR count). The summed E-state index contributed by atoms with van der Waals surface area (Å²) in [6.07, 6.45) is 0. The minimum atomic E-state index is -0.471. The molecule has 1 aliphatic heterocycles. The molecule has 168 valence electrons. The second kappa shape index (κ2) is 8.89. The number of rotatable bonds is 4. The molecule has 0 amide bonds. The molecule has 7 heteroatoms. The second-order valence-corrected chi connectivity index (χ2v) is 8.59. The van der Waals surface area contributed by atoms with Gasteiger partial charge in [0, 0.05) is 43.1 Å². The zero-order valence-corrected chi connectivity index (χ0v) is 18.6. The number of hydrogen-bond donors (Lipinski definition) is 1. The third-order valence-corrected chi connectivity index (χ3v) is 6.34. The van der Waals surface area contributed by atoms with Gasteiger partial charge in [0.2, 0.25) is 0 Å². The standard InChI is InChI=1S/C26H22ClFN2O3/c27-19-8-5-17(6-9-19)20-15-18-7-10-24(31)21(25(18)33-26(20)32)16-29-11-13-30(14-12-29)23-4-2-1-3-22(23)28/h1-10,15,31H,11-14,16H2. The maximum atomic E-state index is 14.1. The van der Waals surface area contributed by atoms with Crippen LogP contribution < -0.4 is 10.5 Å². The fourth-order valence-corrected chi connectivity index (χ4v) is 4.42. The smallest absolute Gasteiger partial charge is 0.344 e. The van der Waals surface area contributed by atoms with Gasteiger partial charge in [-0.15, -0.1) is 0 Å². The summed E-state index contributed by atoms with van der Waals surface area (Å²) >= 11 is 5.96. The first kappa shape index (κ1) is 21.5. The van der Waals surface area contributed by atoms with Gasteiger partial charge in [-0.1, -0.05) is 35.9 Å². The minimum absolute atomic E-state index is 0.0847. The molecule has 0 radical (unpaired) electrons. The van der Waals surface area contributed by atoms with Gasteiger partial charge < -0.3 is 14.4 Å². The Hall–Kier alpha value is -3.35. The molecule has 0 aliphatic carbocycles. The summed E-state index contributed by atoms with van der Waals surface area (Å²) in [5.41, 5.74) is 2.25. The van der Waals surface area contributed by atoms with Crippen LogP contribution in [0.3, 0.4) is 0 Å². The lowest BCUT2D eigenvalue weighted by Crippen LogP contribution is -2.46. The van der Waals surface area contributed by atoms with E-state index < -0.39 is 5.63 Å². The molecule has 1 aliphatic rings. The SMILES string of the molecule is O=c1oc2c(CN3CCN(c4ccccc4F)CC3)c(O)ccc2cc1-c1ccc(Cl)cc1. The van der Waals surface area contributed by atoms with E-state index in [4.69, 9.17) is 16.0 Å². The molecule has 0 spiro atoms. The molecular formula is C26H22ClFN2O3. The van der Waals surface area contributed by atoms with E-state index in [1.165, 1.54) is 6.07 Å². The number of fused-ring (bicyclic) bond motifs is 1. The summed E-state index contributed by atoms with van der Waals surface area (Å²) < 4.78 is 19.8. The van der Waals surface area contributed by atoms with Crippen molar-refractivity contribution in [2.45, 2.75) is 6.54 Å². The zero-order valence-electron chi connectivity index (χ0n) is 17.8. The molecule has 3 aromatic carbocycles. The second-order valence-electron chi connectivity index (χ2n) is 8.15. The van der Waals surface area contributed by atoms with Gasteiger partial charge in [0.25, 0.3) is 0 Å². The summed E-state index contributed by atoms with van der Waals surface area (Å²) in [6.45, 7) is 3.14. The molecular weight excluding hydrogens is 443 g/mol. The third-order valence-electron chi connectivity index (χ3n) is 6.08. The summed E-state index contributed by atoms with van der Waals surface area (Å²) in [4.78, 5) is 17.0. The number of anilines is 1. The molecule has 1 aromatic heterocycles. The van der Waals surface area contributed by atoms with Gasteiger partial charge in [0.15, 0.2) is 0 Å². The summed E-state index contributed by atoms with van der Waals surface area (Å²) in [5, 5.41) is 11.9. The van der Waals surface area contributed by atoms with E-state index in [0.717, 1.165) is 5.39 Å². The van der Waals surface area contributed by atoms with E-state index in [1.807, 2.05) is 11.0 Å². The molecule has 1 N–H and O–H groups in total. The van der Waals surface area contributed by atoms with Crippen molar-refractivity contribution in [2.75, 3.05) is 31.1 Å². The number of para-hydroxylation sites is 1. The average molecular weight is 465 g/mol. The van der Waals surface area contributed by atoms with Gasteiger partial charge in [-0.05, 0) is 48.0 Å². The number of phenols is 1. The maximum absolute atomic E-state index is 14.1. The first-order chi connectivity index (χ1) is 16.0. The summed E-state index contributed by atoms with van der Waals surface area (Å²) in [5.74, 6) is -0.141. The molecule has 0 unspecified atom stereocenters. The van der Waals surface area contributed by atoms with Crippen LogP contribution in [0.15, 0.2) is 75.9 Å². The van der Waals surface area contributed by atoms with Gasteiger partial charge >= 0.3 is 5.63 Å². The monoisotopic (exact) mass is 464 g/mol. The number of hydrogen-bond acceptors (Lipinski definition) is 5. The van der Waals surface area contributed by atoms with Crippen molar-refractivity contribution in [2.24, 2.45) is 0 Å². The normalized spacial score (nSPS) is 14.7. The summed E-state index contributed by atoms with van der Waals surface area (Å²) in [7, 11) is 0. The van der Waals surface area contributed by atoms with E-state index in [1.54, 1.807) is 54.6 Å². The topological polar surface area (TPSA) is 56.9 Å². The Labute approximate surface area is 195 Å². The highest BCUT2D eigenvalue weighted by Gasteiger charge is 2.22. The Balaban J connectivity index is 1.40. The van der Waals surface area contributed by atoms with E-state index in [0.29, 0.717) is 65.7 Å². The van der Waals surface area contributed by atoms with E-state index in [2.05, 4.69) is 4.90 Å². The number of piperazine rings is 1. The van der Waals surface area contributed by atoms with Crippen LogP contribution in [0, 0.1) is 5.82 Å². The lowest BCUT2D eigenvalue weighted by Gasteiger charge is -2.36. The van der Waals surface area contributed by atoms with Crippen LogP contribution in [0.25, 0.3) is 22.1 Å². The predicted octanol–water partition coefficient (Wildman–Crippen LogP) is 5.28. The maximum Gasteiger partial charge on any atom is 0.344 e. The van der Waals surface area contributed by atoms with Crippen molar-refractivity contribution in [3.63, 3.8) is 0 Å². The number of aromatic hydroxyl groups is 1. The van der Waals surface area contributed by atoms with Gasteiger partial charge in [-0.2, -0.15) is 0 Å². The Morgan fingerprint density at radius 3 is 2.42 bits per heavy atom. The van der Waals surface area contributed by atoms with Crippen LogP contribution in [0.5, 0.6) is 5.75 Å². The van der Waals surface area contributed by atoms with Crippen molar-refractivity contribution in [3.05, 3.63) is 93.6 Å². The molecule has 4 aromatic rings. The van der Waals surface area contributed by atoms with Crippen molar-refractivity contribution in [3.8, 4) is 16.9 Å². The Kier molecular flexibility index (Phi) is 5.79. The van der Waals surface area contributed by atoms with Crippen LogP contribution in [-0.2, 0) is 6.54 Å². The lowest BCUT2D eigenvalue weighted by molar-refractivity contribution is 0.246. The van der Waals surface area contributed by atoms with E-state index in [-0.39, 0.29) is 11.6 Å². The number of benzene rings is 3. The number of phenolic OH excluding ortho intramolecular Hbond substituents is 1. The average Bonchev–Trinajstić information content (AvgIpc) is 2.82. The van der Waals surface area contributed by atoms with Crippen LogP contribution >= 0.6 is 11.6 Å². The molecule has 0 saturated carbocycles. The number of nitrogens with zero attached hydrogens (tertiary/aromatic N) is 2. The fraction of sp³-hybridized carbons (Fsp3) is 0.192. The fourth-order valence-electron chi connectivity index (χ4n) is 4.29. The highest BCUT2D eigenvalue weighted by Crippen LogP contribution is 2.31. The molecule has 1 saturated heterocycles. The van der Waals surface area contributed by atoms with E-state index >= 15 is 0 Å². The molecule has 2 heterocycles. The van der Waals surface area contributed by atoms with Gasteiger partial charge in [0.05, 0.1) is 16.8 Å². The van der Waals surface area contributed by atoms with Gasteiger partial charge in [-0.3, -0.25) is 4.90 Å². The largest absolute Gasteiger partial charge is 0.507 e. The minimum Gasteiger partial charge on any atom is -0.507 e. The van der Waals surface area contributed by atoms with Crippen molar-refractivity contribution < 1.29 is 13.9 Å². The van der Waals surface area contributed by atoms with Crippen LogP contribution in [0.4, 0.5) is 10.1 Å². The van der Waals surface area contributed by atoms with Crippen LogP contribution in [0.2, 0.25) is 5.02 Å². The van der Waals surface area contributed by atoms with Crippen LogP contribution in [-0.4, -0.2) is 36.2 Å². The first-order valence-corrected chi connectivity index (χ1v) is 11.1. The zero-order chi connectivity index (χ0) is 22.9. The first-order valence-electron chi connectivity index (χ1n) is 10.8. The highest BCUT2D eigenvalue weighted by molar-refractivity contribution is 6.30. The Morgan fingerprint density at radius 1 is 0.970 bits per heavy atom. The molecule has 0 atom stereocenters. The lowest BCUT2D eigenvalue weighted by atomic mass is 10.0.